The zero-order valence-corrected chi connectivity index (χ0v) is 18.6. The number of nitrogens with one attached hydrogen (secondary N) is 2. The van der Waals surface area contributed by atoms with Crippen molar-refractivity contribution >= 4 is 28.3 Å². The Morgan fingerprint density at radius 2 is 1.53 bits per heavy atom. The second-order valence-corrected chi connectivity index (χ2v) is 7.29. The van der Waals surface area contributed by atoms with E-state index in [4.69, 9.17) is 0 Å². The number of hydrogen-bond donors (Lipinski definition) is 3. The molecule has 0 heterocycles. The van der Waals surface area contributed by atoms with Gasteiger partial charge < -0.3 is 15.7 Å². The van der Waals surface area contributed by atoms with Gasteiger partial charge in [-0.1, -0.05) is 50.3 Å². The summed E-state index contributed by atoms with van der Waals surface area (Å²) in [4.78, 5) is 25.4. The number of anilines is 1. The van der Waals surface area contributed by atoms with Gasteiger partial charge in [0.1, 0.15) is 5.75 Å². The van der Waals surface area contributed by atoms with Gasteiger partial charge in [-0.05, 0) is 72.5 Å². The summed E-state index contributed by atoms with van der Waals surface area (Å²) in [6, 6.07) is 17.5. The predicted molar refractivity (Wildman–Crippen MR) is 130 cm³/mol. The van der Waals surface area contributed by atoms with Gasteiger partial charge in [0.25, 0.3) is 11.8 Å². The molecule has 164 valence electrons. The Bertz CT molecular complexity index is 1190. The van der Waals surface area contributed by atoms with Crippen LogP contribution in [0.25, 0.3) is 10.8 Å². The molecule has 5 nitrogen and oxygen atoms in total. The molecule has 0 saturated heterocycles. The van der Waals surface area contributed by atoms with Crippen LogP contribution in [0, 0.1) is 0 Å². The van der Waals surface area contributed by atoms with Crippen molar-refractivity contribution < 1.29 is 14.7 Å². The van der Waals surface area contributed by atoms with E-state index in [1.54, 1.807) is 30.3 Å². The van der Waals surface area contributed by atoms with E-state index in [1.165, 1.54) is 0 Å². The highest BCUT2D eigenvalue weighted by Gasteiger charge is 2.16. The number of para-hydroxylation sites is 1. The van der Waals surface area contributed by atoms with E-state index in [-0.39, 0.29) is 23.1 Å². The van der Waals surface area contributed by atoms with Crippen LogP contribution < -0.4 is 10.6 Å². The van der Waals surface area contributed by atoms with E-state index in [9.17, 15) is 14.7 Å². The summed E-state index contributed by atoms with van der Waals surface area (Å²) in [6.07, 6.45) is 5.89. The molecule has 0 aliphatic heterocycles. The van der Waals surface area contributed by atoms with E-state index < -0.39 is 0 Å². The number of amides is 2. The van der Waals surface area contributed by atoms with E-state index >= 15 is 0 Å². The first kappa shape index (κ1) is 22.8. The summed E-state index contributed by atoms with van der Waals surface area (Å²) in [5.41, 5.74) is 3.12. The normalized spacial score (nSPS) is 12.7. The maximum Gasteiger partial charge on any atom is 0.259 e. The van der Waals surface area contributed by atoms with E-state index in [0.717, 1.165) is 29.5 Å². The fraction of sp³-hybridized carbons (Fsp3) is 0.185. The van der Waals surface area contributed by atoms with Crippen molar-refractivity contribution in [2.75, 3.05) is 5.32 Å². The predicted octanol–water partition coefficient (Wildman–Crippen LogP) is 6.18. The molecule has 0 unspecified atom stereocenters. The molecular weight excluding hydrogens is 400 g/mol. The Labute approximate surface area is 188 Å². The molecule has 3 N–H and O–H groups in total. The lowest BCUT2D eigenvalue weighted by Crippen LogP contribution is -2.24. The van der Waals surface area contributed by atoms with Gasteiger partial charge in [-0.3, -0.25) is 9.59 Å². The van der Waals surface area contributed by atoms with Crippen molar-refractivity contribution in [2.24, 2.45) is 0 Å². The summed E-state index contributed by atoms with van der Waals surface area (Å²) in [6.45, 7) is 5.95. The van der Waals surface area contributed by atoms with Crippen LogP contribution >= 0.6 is 0 Å². The molecule has 32 heavy (non-hydrogen) atoms. The minimum Gasteiger partial charge on any atom is -0.507 e. The summed E-state index contributed by atoms with van der Waals surface area (Å²) >= 11 is 0. The fourth-order valence-electron chi connectivity index (χ4n) is 3.47. The summed E-state index contributed by atoms with van der Waals surface area (Å²) in [5, 5.41) is 17.5. The van der Waals surface area contributed by atoms with Gasteiger partial charge in [0.15, 0.2) is 0 Å². The zero-order chi connectivity index (χ0) is 23.1. The van der Waals surface area contributed by atoms with Crippen LogP contribution in [0.4, 0.5) is 5.69 Å². The molecule has 0 bridgehead atoms. The molecule has 0 atom stereocenters. The number of phenolic OH excluding ortho intramolecular Hbond substituents is 1. The molecule has 2 amide bonds. The smallest absolute Gasteiger partial charge is 0.259 e. The Morgan fingerprint density at radius 3 is 2.25 bits per heavy atom. The van der Waals surface area contributed by atoms with Gasteiger partial charge in [-0.15, -0.1) is 0 Å². The number of aromatic hydroxyl groups is 1. The van der Waals surface area contributed by atoms with Crippen LogP contribution in [0.5, 0.6) is 5.75 Å². The third kappa shape index (κ3) is 5.24. The Morgan fingerprint density at radius 1 is 0.812 bits per heavy atom. The van der Waals surface area contributed by atoms with E-state index in [0.29, 0.717) is 16.6 Å². The number of hydrogen-bond acceptors (Lipinski definition) is 3. The quantitative estimate of drug-likeness (QED) is 0.464. The van der Waals surface area contributed by atoms with Crippen LogP contribution in [0.15, 0.2) is 84.1 Å². The highest BCUT2D eigenvalue weighted by Crippen LogP contribution is 2.27. The molecule has 1 aliphatic carbocycles. The standard InChI is InChI=1S/C25H22N2O3.C2H6/c1-16-7-5-6-10-22(16)27-25(30)21-14-19-13-18(12-11-17(19)15-23(21)28)24(29)26-20-8-3-2-4-9-20;1-2/h2-4,7-15,28H,5-6H2,1H3,(H,26,29)(H,27,30);1-2H3. The Balaban J connectivity index is 0.00000141. The monoisotopic (exact) mass is 428 g/mol. The molecule has 5 heteroatoms. The number of benzene rings is 3. The molecule has 3 aromatic carbocycles. The van der Waals surface area contributed by atoms with Crippen molar-refractivity contribution in [2.45, 2.75) is 33.6 Å². The van der Waals surface area contributed by atoms with Crippen molar-refractivity contribution in [3.63, 3.8) is 0 Å². The molecule has 0 aromatic heterocycles. The first-order valence-electron chi connectivity index (χ1n) is 10.8. The van der Waals surface area contributed by atoms with Crippen molar-refractivity contribution in [3.05, 3.63) is 95.2 Å². The van der Waals surface area contributed by atoms with Crippen LogP contribution in [-0.2, 0) is 0 Å². The van der Waals surface area contributed by atoms with Gasteiger partial charge in [-0.2, -0.15) is 0 Å². The molecule has 1 aliphatic rings. The number of allylic oxidation sites excluding steroid dienone is 3. The first-order chi connectivity index (χ1) is 15.5. The molecule has 4 rings (SSSR count). The highest BCUT2D eigenvalue weighted by molar-refractivity contribution is 6.08. The second-order valence-electron chi connectivity index (χ2n) is 7.29. The van der Waals surface area contributed by atoms with E-state index in [2.05, 4.69) is 16.7 Å². The molecule has 3 aromatic rings. The summed E-state index contributed by atoms with van der Waals surface area (Å²) < 4.78 is 0. The summed E-state index contributed by atoms with van der Waals surface area (Å²) in [7, 11) is 0. The van der Waals surface area contributed by atoms with Crippen molar-refractivity contribution in [3.8, 4) is 5.75 Å². The van der Waals surface area contributed by atoms with Gasteiger partial charge >= 0.3 is 0 Å². The average molecular weight is 429 g/mol. The number of phenols is 1. The first-order valence-corrected chi connectivity index (χ1v) is 10.8. The van der Waals surface area contributed by atoms with Crippen LogP contribution in [0.2, 0.25) is 0 Å². The fourth-order valence-corrected chi connectivity index (χ4v) is 3.47. The zero-order valence-electron chi connectivity index (χ0n) is 18.6. The maximum atomic E-state index is 12.8. The molecule has 0 spiro atoms. The topological polar surface area (TPSA) is 78.4 Å². The number of rotatable bonds is 4. The minimum atomic E-state index is -0.380. The minimum absolute atomic E-state index is 0.0977. The number of carbonyl (C=O) groups excluding carboxylic acids is 2. The van der Waals surface area contributed by atoms with Crippen LogP contribution in [0.3, 0.4) is 0 Å². The average Bonchev–Trinajstić information content (AvgIpc) is 2.81. The largest absolute Gasteiger partial charge is 0.507 e. The van der Waals surface area contributed by atoms with Crippen molar-refractivity contribution in [1.82, 2.24) is 5.32 Å². The third-order valence-corrected chi connectivity index (χ3v) is 5.13. The molecule has 0 radical (unpaired) electrons. The lowest BCUT2D eigenvalue weighted by Gasteiger charge is -2.15. The van der Waals surface area contributed by atoms with E-state index in [1.807, 2.05) is 57.2 Å². The Hall–Kier alpha value is -3.86. The van der Waals surface area contributed by atoms with Crippen LogP contribution in [0.1, 0.15) is 54.3 Å². The Kier molecular flexibility index (Phi) is 7.45. The SMILES string of the molecule is CC.CC1=CCCC=C1NC(=O)c1cc2cc(C(=O)Nc3ccccc3)ccc2cc1O. The molecule has 0 fully saturated rings. The lowest BCUT2D eigenvalue weighted by atomic mass is 10.0. The summed E-state index contributed by atoms with van der Waals surface area (Å²) in [5.74, 6) is -0.718. The highest BCUT2D eigenvalue weighted by atomic mass is 16.3. The lowest BCUT2D eigenvalue weighted by molar-refractivity contribution is 0.0963. The van der Waals surface area contributed by atoms with Gasteiger partial charge in [-0.25, -0.2) is 0 Å². The van der Waals surface area contributed by atoms with Gasteiger partial charge in [0.05, 0.1) is 5.56 Å². The second kappa shape index (κ2) is 10.4. The maximum absolute atomic E-state index is 12.8. The number of fused-ring (bicyclic) bond motifs is 1. The molecular formula is C27H28N2O3. The van der Waals surface area contributed by atoms with Crippen LogP contribution in [-0.4, -0.2) is 16.9 Å². The molecule has 0 saturated carbocycles. The van der Waals surface area contributed by atoms with Crippen molar-refractivity contribution in [1.29, 1.82) is 0 Å². The number of carbonyl (C=O) groups is 2. The van der Waals surface area contributed by atoms with Gasteiger partial charge in [0.2, 0.25) is 0 Å². The van der Waals surface area contributed by atoms with Gasteiger partial charge in [0, 0.05) is 16.9 Å². The third-order valence-electron chi connectivity index (χ3n) is 5.13.